The summed E-state index contributed by atoms with van der Waals surface area (Å²) in [4.78, 5) is 11.2. The van der Waals surface area contributed by atoms with Gasteiger partial charge in [-0.1, -0.05) is 30.3 Å². The molecule has 2 heterocycles. The number of nitrogens with one attached hydrogen (secondary N) is 1. The van der Waals surface area contributed by atoms with Crippen molar-refractivity contribution in [1.82, 2.24) is 15.0 Å². The fraction of sp³-hybridized carbons (Fsp3) is 0. The Kier molecular flexibility index (Phi) is 2.79. The summed E-state index contributed by atoms with van der Waals surface area (Å²) in [6, 6.07) is 15.1. The minimum atomic E-state index is -0.0108. The minimum Gasteiger partial charge on any atom is -0.493 e. The molecular formula is C16H11N5O. The lowest BCUT2D eigenvalue weighted by Gasteiger charge is -1.98. The van der Waals surface area contributed by atoms with E-state index in [1.807, 2.05) is 48.5 Å². The van der Waals surface area contributed by atoms with E-state index in [0.29, 0.717) is 11.5 Å². The third-order valence-corrected chi connectivity index (χ3v) is 3.43. The molecule has 22 heavy (non-hydrogen) atoms. The number of azo groups is 1. The molecule has 0 amide bonds. The minimum absolute atomic E-state index is 0.0108. The number of aromatic hydroxyl groups is 1. The van der Waals surface area contributed by atoms with E-state index >= 15 is 0 Å². The largest absolute Gasteiger partial charge is 0.493 e. The Hall–Kier alpha value is -3.28. The third-order valence-electron chi connectivity index (χ3n) is 3.43. The van der Waals surface area contributed by atoms with Gasteiger partial charge in [-0.2, -0.15) is 0 Å². The average Bonchev–Trinajstić information content (AvgIpc) is 2.88. The van der Waals surface area contributed by atoms with E-state index in [4.69, 9.17) is 0 Å². The first-order chi connectivity index (χ1) is 10.8. The van der Waals surface area contributed by atoms with Crippen LogP contribution < -0.4 is 0 Å². The van der Waals surface area contributed by atoms with Crippen molar-refractivity contribution in [2.45, 2.75) is 0 Å². The van der Waals surface area contributed by atoms with E-state index < -0.39 is 0 Å². The van der Waals surface area contributed by atoms with Gasteiger partial charge in [-0.05, 0) is 18.2 Å². The molecule has 0 aliphatic carbocycles. The van der Waals surface area contributed by atoms with E-state index in [0.717, 1.165) is 21.8 Å². The molecule has 4 rings (SSSR count). The highest BCUT2D eigenvalue weighted by atomic mass is 16.3. The number of nitrogens with zero attached hydrogens (tertiary/aromatic N) is 4. The van der Waals surface area contributed by atoms with Gasteiger partial charge in [0, 0.05) is 10.8 Å². The van der Waals surface area contributed by atoms with Crippen molar-refractivity contribution < 1.29 is 5.11 Å². The number of benzene rings is 2. The summed E-state index contributed by atoms with van der Waals surface area (Å²) in [6.45, 7) is 0. The normalized spacial score (nSPS) is 11.6. The number of para-hydroxylation sites is 2. The third kappa shape index (κ3) is 1.98. The van der Waals surface area contributed by atoms with Crippen LogP contribution in [0.25, 0.3) is 21.8 Å². The summed E-state index contributed by atoms with van der Waals surface area (Å²) in [5, 5.41) is 20.0. The SMILES string of the molecule is Oc1[nH]c2ccccc2c1N=Nc1ncnc2ccccc12. The zero-order valence-corrected chi connectivity index (χ0v) is 11.4. The Morgan fingerprint density at radius 3 is 2.55 bits per heavy atom. The topological polar surface area (TPSA) is 86.5 Å². The lowest BCUT2D eigenvalue weighted by molar-refractivity contribution is 0.459. The van der Waals surface area contributed by atoms with Crippen molar-refractivity contribution in [3.63, 3.8) is 0 Å². The molecule has 0 radical (unpaired) electrons. The van der Waals surface area contributed by atoms with Crippen LogP contribution >= 0.6 is 0 Å². The number of aromatic nitrogens is 3. The monoisotopic (exact) mass is 289 g/mol. The molecule has 2 N–H and O–H groups in total. The first-order valence-electron chi connectivity index (χ1n) is 6.74. The number of hydrogen-bond acceptors (Lipinski definition) is 5. The Morgan fingerprint density at radius 2 is 1.64 bits per heavy atom. The van der Waals surface area contributed by atoms with Gasteiger partial charge in [-0.25, -0.2) is 9.97 Å². The summed E-state index contributed by atoms with van der Waals surface area (Å²) in [6.07, 6.45) is 1.45. The Balaban J connectivity index is 1.84. The van der Waals surface area contributed by atoms with Crippen LogP contribution in [0.2, 0.25) is 0 Å². The second kappa shape index (κ2) is 4.92. The molecule has 106 valence electrons. The molecule has 6 nitrogen and oxygen atoms in total. The van der Waals surface area contributed by atoms with Crippen molar-refractivity contribution >= 4 is 33.3 Å². The average molecular weight is 289 g/mol. The van der Waals surface area contributed by atoms with E-state index in [1.165, 1.54) is 6.33 Å². The second-order valence-corrected chi connectivity index (χ2v) is 4.78. The van der Waals surface area contributed by atoms with Gasteiger partial charge < -0.3 is 10.1 Å². The highest BCUT2D eigenvalue weighted by Gasteiger charge is 2.10. The molecule has 4 aromatic rings. The molecular weight excluding hydrogens is 278 g/mol. The van der Waals surface area contributed by atoms with Gasteiger partial charge in [0.05, 0.1) is 11.0 Å². The molecule has 0 fully saturated rings. The van der Waals surface area contributed by atoms with Crippen molar-refractivity contribution in [2.75, 3.05) is 0 Å². The fourth-order valence-electron chi connectivity index (χ4n) is 2.38. The number of fused-ring (bicyclic) bond motifs is 2. The zero-order chi connectivity index (χ0) is 14.9. The molecule has 0 atom stereocenters. The van der Waals surface area contributed by atoms with Crippen LogP contribution in [0.4, 0.5) is 11.5 Å². The summed E-state index contributed by atoms with van der Waals surface area (Å²) >= 11 is 0. The second-order valence-electron chi connectivity index (χ2n) is 4.78. The molecule has 0 saturated heterocycles. The van der Waals surface area contributed by atoms with Crippen molar-refractivity contribution in [3.8, 4) is 5.88 Å². The van der Waals surface area contributed by atoms with Crippen molar-refractivity contribution in [3.05, 3.63) is 54.9 Å². The lowest BCUT2D eigenvalue weighted by atomic mass is 10.2. The van der Waals surface area contributed by atoms with Crippen LogP contribution in [0.3, 0.4) is 0 Å². The maximum absolute atomic E-state index is 9.98. The number of hydrogen-bond donors (Lipinski definition) is 2. The molecule has 0 spiro atoms. The van der Waals surface area contributed by atoms with Gasteiger partial charge in [-0.3, -0.25) is 0 Å². The molecule has 0 aliphatic rings. The van der Waals surface area contributed by atoms with E-state index in [1.54, 1.807) is 0 Å². The molecule has 2 aromatic carbocycles. The smallest absolute Gasteiger partial charge is 0.218 e. The number of rotatable bonds is 2. The number of aromatic amines is 1. The maximum atomic E-state index is 9.98. The van der Waals surface area contributed by atoms with E-state index in [-0.39, 0.29) is 5.88 Å². The summed E-state index contributed by atoms with van der Waals surface area (Å²) < 4.78 is 0. The van der Waals surface area contributed by atoms with Gasteiger partial charge in [0.15, 0.2) is 11.5 Å². The van der Waals surface area contributed by atoms with Gasteiger partial charge in [0.25, 0.3) is 0 Å². The molecule has 0 aliphatic heterocycles. The predicted molar refractivity (Wildman–Crippen MR) is 83.7 cm³/mol. The van der Waals surface area contributed by atoms with Crippen molar-refractivity contribution in [1.29, 1.82) is 0 Å². The Morgan fingerprint density at radius 1 is 0.864 bits per heavy atom. The van der Waals surface area contributed by atoms with Gasteiger partial charge in [0.2, 0.25) is 5.88 Å². The molecule has 6 heteroatoms. The van der Waals surface area contributed by atoms with Gasteiger partial charge >= 0.3 is 0 Å². The summed E-state index contributed by atoms with van der Waals surface area (Å²) in [5.74, 6) is 0.457. The van der Waals surface area contributed by atoms with Crippen LogP contribution in [-0.4, -0.2) is 20.1 Å². The predicted octanol–water partition coefficient (Wildman–Crippen LogP) is 4.23. The Bertz CT molecular complexity index is 1000. The highest BCUT2D eigenvalue weighted by molar-refractivity contribution is 5.94. The zero-order valence-electron chi connectivity index (χ0n) is 11.4. The fourth-order valence-corrected chi connectivity index (χ4v) is 2.38. The summed E-state index contributed by atoms with van der Waals surface area (Å²) in [7, 11) is 0. The van der Waals surface area contributed by atoms with Gasteiger partial charge in [-0.15, -0.1) is 10.2 Å². The van der Waals surface area contributed by atoms with Crippen LogP contribution in [-0.2, 0) is 0 Å². The first-order valence-corrected chi connectivity index (χ1v) is 6.74. The van der Waals surface area contributed by atoms with Crippen LogP contribution in [0.5, 0.6) is 5.88 Å². The van der Waals surface area contributed by atoms with E-state index in [9.17, 15) is 5.11 Å². The molecule has 0 saturated carbocycles. The Labute approximate surface area is 125 Å². The van der Waals surface area contributed by atoms with Crippen LogP contribution in [0.15, 0.2) is 65.1 Å². The van der Waals surface area contributed by atoms with E-state index in [2.05, 4.69) is 25.2 Å². The molecule has 0 bridgehead atoms. The summed E-state index contributed by atoms with van der Waals surface area (Å²) in [5.41, 5.74) is 2.01. The highest BCUT2D eigenvalue weighted by Crippen LogP contribution is 2.36. The lowest BCUT2D eigenvalue weighted by Crippen LogP contribution is -1.81. The first kappa shape index (κ1) is 12.5. The molecule has 2 aromatic heterocycles. The van der Waals surface area contributed by atoms with Crippen LogP contribution in [0.1, 0.15) is 0 Å². The van der Waals surface area contributed by atoms with Crippen LogP contribution in [0, 0.1) is 0 Å². The molecule has 0 unspecified atom stereocenters. The quantitative estimate of drug-likeness (QED) is 0.541. The number of H-pyrrole nitrogens is 1. The van der Waals surface area contributed by atoms with Crippen molar-refractivity contribution in [2.24, 2.45) is 10.2 Å². The standard InChI is InChI=1S/C16H11N5O/c22-16-14(10-5-1-4-8-13(10)19-16)20-21-15-11-6-2-3-7-12(11)17-9-18-15/h1-9,19,22H. The maximum Gasteiger partial charge on any atom is 0.218 e. The van der Waals surface area contributed by atoms with Gasteiger partial charge in [0.1, 0.15) is 6.33 Å².